The molecule has 0 unspecified atom stereocenters. The minimum Gasteiger partial charge on any atom is -1.00 e. The fourth-order valence-electron chi connectivity index (χ4n) is 3.53. The van der Waals surface area contributed by atoms with Crippen LogP contribution in [0.15, 0.2) is 23.4 Å². The van der Waals surface area contributed by atoms with Crippen molar-refractivity contribution in [2.45, 2.75) is 53.6 Å². The van der Waals surface area contributed by atoms with Gasteiger partial charge in [-0.1, -0.05) is 22.7 Å². The Bertz CT molecular complexity index is 1220. The Hall–Kier alpha value is -1.90. The Balaban J connectivity index is 0. The number of anilines is 2. The van der Waals surface area contributed by atoms with Gasteiger partial charge in [0.05, 0.1) is 20.9 Å². The van der Waals surface area contributed by atoms with Crippen LogP contribution in [0.25, 0.3) is 0 Å². The summed E-state index contributed by atoms with van der Waals surface area (Å²) >= 11 is 3.30. The summed E-state index contributed by atoms with van der Waals surface area (Å²) in [6.07, 6.45) is 4.94. The first kappa shape index (κ1) is 40.2. The molecular weight excluding hydrogens is 638 g/mol. The van der Waals surface area contributed by atoms with E-state index in [-0.39, 0.29) is 62.8 Å². The van der Waals surface area contributed by atoms with E-state index in [1.807, 2.05) is 38.7 Å². The second-order valence-corrected chi connectivity index (χ2v) is 10.2. The first-order valence-corrected chi connectivity index (χ1v) is 13.3. The number of nitrogen functional groups attached to an aromatic ring is 2. The van der Waals surface area contributed by atoms with E-state index in [9.17, 15) is 0 Å². The standard InChI is InChI=1S/2C12H17N4OS.4ClH/c2*1-8-11(3-4-17)18-7-16(8)6-10-5-14-9(2)15-12(10)13;;;;/h2*5,7,17H,3-4,6H2,1-2H3,(H2,13,14,15);4*1H/q2*+1;;;;/p-2. The third-order valence-electron chi connectivity index (χ3n) is 5.71. The molecule has 0 aliphatic heterocycles. The zero-order chi connectivity index (χ0) is 26.2. The maximum Gasteiger partial charge on any atom is 0.225 e. The Kier molecular flexibility index (Phi) is 19.4. The molecule has 0 amide bonds. The normalized spacial score (nSPS) is 9.75. The zero-order valence-corrected chi connectivity index (χ0v) is 27.5. The maximum atomic E-state index is 8.98. The van der Waals surface area contributed by atoms with Gasteiger partial charge in [0.1, 0.15) is 23.3 Å². The van der Waals surface area contributed by atoms with Crippen LogP contribution >= 0.6 is 47.5 Å². The van der Waals surface area contributed by atoms with Crippen LogP contribution in [0, 0.1) is 27.7 Å². The Morgan fingerprint density at radius 1 is 0.700 bits per heavy atom. The van der Waals surface area contributed by atoms with Crippen molar-refractivity contribution >= 4 is 59.1 Å². The van der Waals surface area contributed by atoms with Gasteiger partial charge in [0.15, 0.2) is 24.5 Å². The fourth-order valence-corrected chi connectivity index (χ4v) is 5.50. The summed E-state index contributed by atoms with van der Waals surface area (Å²) in [5, 5.41) is 18.0. The Morgan fingerprint density at radius 3 is 1.35 bits per heavy atom. The lowest BCUT2D eigenvalue weighted by molar-refractivity contribution is -0.689. The van der Waals surface area contributed by atoms with Gasteiger partial charge >= 0.3 is 0 Å². The molecule has 0 bridgehead atoms. The molecule has 16 heteroatoms. The summed E-state index contributed by atoms with van der Waals surface area (Å²) in [6.45, 7) is 9.43. The summed E-state index contributed by atoms with van der Waals surface area (Å²) in [5.74, 6) is 2.43. The van der Waals surface area contributed by atoms with E-state index >= 15 is 0 Å². The van der Waals surface area contributed by atoms with Crippen molar-refractivity contribution in [3.8, 4) is 0 Å². The van der Waals surface area contributed by atoms with Gasteiger partial charge in [-0.15, -0.1) is 24.8 Å². The first-order chi connectivity index (χ1) is 17.2. The highest BCUT2D eigenvalue weighted by Gasteiger charge is 2.18. The van der Waals surface area contributed by atoms with E-state index in [2.05, 4.69) is 29.1 Å². The molecule has 0 saturated heterocycles. The summed E-state index contributed by atoms with van der Waals surface area (Å²) in [4.78, 5) is 19.1. The molecule has 0 fully saturated rings. The lowest BCUT2D eigenvalue weighted by Crippen LogP contribution is -3.00. The molecule has 6 N–H and O–H groups in total. The van der Waals surface area contributed by atoms with Gasteiger partial charge < -0.3 is 46.5 Å². The second-order valence-electron chi connectivity index (χ2n) is 8.32. The minimum atomic E-state index is 0. The summed E-state index contributed by atoms with van der Waals surface area (Å²) in [7, 11) is 0. The van der Waals surface area contributed by atoms with Crippen LogP contribution in [-0.2, 0) is 25.9 Å². The third-order valence-corrected chi connectivity index (χ3v) is 8.00. The van der Waals surface area contributed by atoms with E-state index in [1.54, 1.807) is 35.1 Å². The number of hydrogen-bond donors (Lipinski definition) is 4. The highest BCUT2D eigenvalue weighted by molar-refractivity contribution is 7.09. The van der Waals surface area contributed by atoms with Gasteiger partial charge in [-0.3, -0.25) is 0 Å². The van der Waals surface area contributed by atoms with Crippen molar-refractivity contribution in [3.05, 3.63) is 67.3 Å². The third kappa shape index (κ3) is 10.8. The van der Waals surface area contributed by atoms with E-state index in [1.165, 1.54) is 9.75 Å². The number of nitrogens with two attached hydrogens (primary N) is 2. The van der Waals surface area contributed by atoms with Crippen molar-refractivity contribution in [3.63, 3.8) is 0 Å². The Labute approximate surface area is 267 Å². The molecule has 0 saturated carbocycles. The molecule has 10 nitrogen and oxygen atoms in total. The number of rotatable bonds is 8. The zero-order valence-electron chi connectivity index (χ0n) is 22.7. The minimum absolute atomic E-state index is 0. The topological polar surface area (TPSA) is 152 Å². The number of aromatic nitrogens is 6. The average Bonchev–Trinajstić information content (AvgIpc) is 3.35. The number of hydrogen-bond acceptors (Lipinski definition) is 10. The molecule has 0 aromatic carbocycles. The number of thiazole rings is 2. The van der Waals surface area contributed by atoms with Gasteiger partial charge in [0, 0.05) is 52.3 Å². The van der Waals surface area contributed by atoms with Crippen molar-refractivity contribution in [2.75, 3.05) is 24.7 Å². The van der Waals surface area contributed by atoms with Crippen LogP contribution in [0.3, 0.4) is 0 Å². The van der Waals surface area contributed by atoms with Crippen LogP contribution < -0.4 is 45.4 Å². The molecule has 4 rings (SSSR count). The van der Waals surface area contributed by atoms with Crippen LogP contribution in [-0.4, -0.2) is 43.4 Å². The SMILES string of the molecule is Cc1ncc(C[n+]2csc(CCO)c2C)c(N)n1.Cc1ncc(C[n+]2csc(CCO)c2C)c(N)n1.Cl.Cl.[Cl-].[Cl-]. The predicted molar refractivity (Wildman–Crippen MR) is 155 cm³/mol. The highest BCUT2D eigenvalue weighted by Crippen LogP contribution is 2.15. The van der Waals surface area contributed by atoms with Gasteiger partial charge in [0.2, 0.25) is 11.0 Å². The van der Waals surface area contributed by atoms with Gasteiger partial charge in [0.25, 0.3) is 0 Å². The van der Waals surface area contributed by atoms with Gasteiger partial charge in [-0.05, 0) is 13.8 Å². The molecule has 224 valence electrons. The van der Waals surface area contributed by atoms with E-state index < -0.39 is 0 Å². The van der Waals surface area contributed by atoms with Crippen LogP contribution in [0.1, 0.15) is 43.9 Å². The monoisotopic (exact) mass is 672 g/mol. The number of aliphatic hydroxyl groups excluding tert-OH is 2. The van der Waals surface area contributed by atoms with Crippen molar-refractivity contribution < 1.29 is 44.2 Å². The van der Waals surface area contributed by atoms with Crippen molar-refractivity contribution in [2.24, 2.45) is 0 Å². The summed E-state index contributed by atoms with van der Waals surface area (Å²) in [5.41, 5.74) is 20.0. The van der Waals surface area contributed by atoms with Crippen LogP contribution in [0.2, 0.25) is 0 Å². The van der Waals surface area contributed by atoms with Crippen LogP contribution in [0.4, 0.5) is 11.6 Å². The molecule has 40 heavy (non-hydrogen) atoms. The Morgan fingerprint density at radius 2 is 1.05 bits per heavy atom. The molecule has 4 aromatic rings. The fraction of sp³-hybridized carbons (Fsp3) is 0.417. The van der Waals surface area contributed by atoms with E-state index in [4.69, 9.17) is 21.7 Å². The molecule has 0 radical (unpaired) electrons. The molecule has 4 heterocycles. The van der Waals surface area contributed by atoms with E-state index in [0.717, 1.165) is 22.5 Å². The van der Waals surface area contributed by atoms with Gasteiger partial charge in [-0.25, -0.2) is 19.9 Å². The maximum absolute atomic E-state index is 8.98. The van der Waals surface area contributed by atoms with Crippen molar-refractivity contribution in [1.82, 2.24) is 19.9 Å². The molecule has 0 aliphatic carbocycles. The molecule has 0 spiro atoms. The van der Waals surface area contributed by atoms with E-state index in [0.29, 0.717) is 49.2 Å². The lowest BCUT2D eigenvalue weighted by Gasteiger charge is -2.01. The average molecular weight is 675 g/mol. The highest BCUT2D eigenvalue weighted by atomic mass is 35.5. The molecular formula is C24H36Cl4N8O2S2. The lowest BCUT2D eigenvalue weighted by atomic mass is 10.2. The number of halogens is 4. The molecule has 0 atom stereocenters. The summed E-state index contributed by atoms with van der Waals surface area (Å²) in [6, 6.07) is 0. The second kappa shape index (κ2) is 19.3. The van der Waals surface area contributed by atoms with Crippen LogP contribution in [0.5, 0.6) is 0 Å². The summed E-state index contributed by atoms with van der Waals surface area (Å²) < 4.78 is 4.22. The molecule has 0 aliphatic rings. The quantitative estimate of drug-likeness (QED) is 0.139. The smallest absolute Gasteiger partial charge is 0.225 e. The predicted octanol–water partition coefficient (Wildman–Crippen LogP) is -3.93. The first-order valence-electron chi connectivity index (χ1n) is 11.5. The number of aryl methyl sites for hydroxylation is 2. The number of nitrogens with zero attached hydrogens (tertiary/aromatic N) is 6. The van der Waals surface area contributed by atoms with Crippen molar-refractivity contribution in [1.29, 1.82) is 0 Å². The molecule has 4 aromatic heterocycles. The largest absolute Gasteiger partial charge is 1.00 e. The number of aliphatic hydroxyl groups is 2. The van der Waals surface area contributed by atoms with Gasteiger partial charge in [-0.2, -0.15) is 9.13 Å².